The Hall–Kier alpha value is -1.36. The standard InChI is InChI=1S/C12H9Cl2FN2O/c13-9-4-8(15)1-2-11(9)18-12-3-7(5-16)10(14)6-17-12/h1-4,6H,5,16H2. The molecule has 0 amide bonds. The van der Waals surface area contributed by atoms with Crippen LogP contribution in [0.4, 0.5) is 4.39 Å². The number of hydrogen-bond donors (Lipinski definition) is 1. The average Bonchev–Trinajstić information content (AvgIpc) is 2.35. The van der Waals surface area contributed by atoms with Crippen molar-refractivity contribution < 1.29 is 9.13 Å². The maximum Gasteiger partial charge on any atom is 0.219 e. The fourth-order valence-electron chi connectivity index (χ4n) is 1.34. The molecule has 0 saturated heterocycles. The number of aromatic nitrogens is 1. The lowest BCUT2D eigenvalue weighted by atomic mass is 10.2. The van der Waals surface area contributed by atoms with Gasteiger partial charge in [-0.05, 0) is 23.8 Å². The second-order valence-corrected chi connectivity index (χ2v) is 4.31. The van der Waals surface area contributed by atoms with E-state index in [4.69, 9.17) is 33.7 Å². The summed E-state index contributed by atoms with van der Waals surface area (Å²) in [6.45, 7) is 0.273. The molecule has 0 bridgehead atoms. The van der Waals surface area contributed by atoms with Crippen LogP contribution >= 0.6 is 23.2 Å². The van der Waals surface area contributed by atoms with Gasteiger partial charge in [0.2, 0.25) is 5.88 Å². The first-order chi connectivity index (χ1) is 8.60. The molecule has 18 heavy (non-hydrogen) atoms. The Morgan fingerprint density at radius 3 is 2.67 bits per heavy atom. The highest BCUT2D eigenvalue weighted by molar-refractivity contribution is 6.32. The van der Waals surface area contributed by atoms with Crippen LogP contribution in [0, 0.1) is 5.82 Å². The van der Waals surface area contributed by atoms with Gasteiger partial charge >= 0.3 is 0 Å². The minimum atomic E-state index is -0.431. The molecule has 0 aliphatic heterocycles. The Labute approximate surface area is 113 Å². The third-order valence-electron chi connectivity index (χ3n) is 2.24. The van der Waals surface area contributed by atoms with Crippen molar-refractivity contribution in [3.63, 3.8) is 0 Å². The van der Waals surface area contributed by atoms with E-state index in [2.05, 4.69) is 4.98 Å². The number of hydrogen-bond acceptors (Lipinski definition) is 3. The van der Waals surface area contributed by atoms with Crippen molar-refractivity contribution in [2.75, 3.05) is 0 Å². The summed E-state index contributed by atoms with van der Waals surface area (Å²) in [5.74, 6) is 0.184. The fraction of sp³-hybridized carbons (Fsp3) is 0.0833. The van der Waals surface area contributed by atoms with E-state index in [1.165, 1.54) is 18.3 Å². The van der Waals surface area contributed by atoms with Gasteiger partial charge < -0.3 is 10.5 Å². The maximum absolute atomic E-state index is 12.9. The summed E-state index contributed by atoms with van der Waals surface area (Å²) in [5.41, 5.74) is 6.23. The monoisotopic (exact) mass is 286 g/mol. The summed E-state index contributed by atoms with van der Waals surface area (Å²) >= 11 is 11.7. The largest absolute Gasteiger partial charge is 0.437 e. The first kappa shape index (κ1) is 13.1. The summed E-state index contributed by atoms with van der Waals surface area (Å²) in [6, 6.07) is 5.45. The highest BCUT2D eigenvalue weighted by atomic mass is 35.5. The molecular weight excluding hydrogens is 278 g/mol. The third-order valence-corrected chi connectivity index (χ3v) is 2.87. The smallest absolute Gasteiger partial charge is 0.219 e. The van der Waals surface area contributed by atoms with E-state index in [-0.39, 0.29) is 11.6 Å². The highest BCUT2D eigenvalue weighted by Gasteiger charge is 2.07. The topological polar surface area (TPSA) is 48.1 Å². The van der Waals surface area contributed by atoms with Gasteiger partial charge in [0.1, 0.15) is 11.6 Å². The van der Waals surface area contributed by atoms with Gasteiger partial charge in [-0.15, -0.1) is 0 Å². The summed E-state index contributed by atoms with van der Waals surface area (Å²) in [6.07, 6.45) is 1.44. The molecule has 94 valence electrons. The molecule has 0 spiro atoms. The number of pyridine rings is 1. The quantitative estimate of drug-likeness (QED) is 0.934. The molecule has 0 saturated carbocycles. The van der Waals surface area contributed by atoms with Crippen molar-refractivity contribution in [2.24, 2.45) is 5.73 Å². The molecule has 2 rings (SSSR count). The van der Waals surface area contributed by atoms with Crippen molar-refractivity contribution >= 4 is 23.2 Å². The van der Waals surface area contributed by atoms with E-state index in [9.17, 15) is 4.39 Å². The summed E-state index contributed by atoms with van der Waals surface area (Å²) in [5, 5.41) is 0.635. The molecule has 1 aromatic heterocycles. The van der Waals surface area contributed by atoms with Gasteiger partial charge in [-0.1, -0.05) is 23.2 Å². The van der Waals surface area contributed by atoms with Gasteiger partial charge in [0, 0.05) is 18.8 Å². The van der Waals surface area contributed by atoms with E-state index < -0.39 is 5.82 Å². The van der Waals surface area contributed by atoms with Gasteiger partial charge in [-0.25, -0.2) is 9.37 Å². The molecule has 0 atom stereocenters. The van der Waals surface area contributed by atoms with Crippen molar-refractivity contribution in [1.82, 2.24) is 4.98 Å². The highest BCUT2D eigenvalue weighted by Crippen LogP contribution is 2.30. The number of nitrogens with zero attached hydrogens (tertiary/aromatic N) is 1. The van der Waals surface area contributed by atoms with Crippen LogP contribution in [-0.4, -0.2) is 4.98 Å². The molecule has 0 aliphatic rings. The van der Waals surface area contributed by atoms with E-state index in [0.29, 0.717) is 22.2 Å². The molecule has 0 fully saturated rings. The first-order valence-electron chi connectivity index (χ1n) is 5.07. The Bertz CT molecular complexity index is 578. The van der Waals surface area contributed by atoms with Crippen LogP contribution in [-0.2, 0) is 6.54 Å². The zero-order valence-corrected chi connectivity index (χ0v) is 10.7. The SMILES string of the molecule is NCc1cc(Oc2ccc(F)cc2Cl)ncc1Cl. The minimum absolute atomic E-state index is 0.168. The molecule has 1 aromatic carbocycles. The molecule has 2 N–H and O–H groups in total. The number of halogens is 3. The van der Waals surface area contributed by atoms with Gasteiger partial charge in [-0.3, -0.25) is 0 Å². The van der Waals surface area contributed by atoms with Crippen LogP contribution in [0.5, 0.6) is 11.6 Å². The van der Waals surface area contributed by atoms with Crippen LogP contribution < -0.4 is 10.5 Å². The first-order valence-corrected chi connectivity index (χ1v) is 5.83. The van der Waals surface area contributed by atoms with Crippen molar-refractivity contribution in [3.05, 3.63) is 51.9 Å². The molecule has 2 aromatic rings. The summed E-state index contributed by atoms with van der Waals surface area (Å²) in [4.78, 5) is 3.98. The Kier molecular flexibility index (Phi) is 4.01. The number of nitrogens with two attached hydrogens (primary N) is 1. The van der Waals surface area contributed by atoms with Gasteiger partial charge in [0.25, 0.3) is 0 Å². The predicted octanol–water partition coefficient (Wildman–Crippen LogP) is 3.78. The fourth-order valence-corrected chi connectivity index (χ4v) is 1.73. The number of benzene rings is 1. The van der Waals surface area contributed by atoms with Crippen molar-refractivity contribution in [1.29, 1.82) is 0 Å². The second kappa shape index (κ2) is 5.52. The van der Waals surface area contributed by atoms with E-state index in [1.54, 1.807) is 6.07 Å². The molecule has 0 unspecified atom stereocenters. The van der Waals surface area contributed by atoms with Gasteiger partial charge in [0.05, 0.1) is 10.0 Å². The Morgan fingerprint density at radius 2 is 2.00 bits per heavy atom. The third kappa shape index (κ3) is 2.90. The molecule has 1 heterocycles. The zero-order valence-electron chi connectivity index (χ0n) is 9.16. The van der Waals surface area contributed by atoms with Gasteiger partial charge in [-0.2, -0.15) is 0 Å². The average molecular weight is 287 g/mol. The lowest BCUT2D eigenvalue weighted by Gasteiger charge is -2.08. The molecule has 0 aliphatic carbocycles. The summed E-state index contributed by atoms with van der Waals surface area (Å²) < 4.78 is 18.3. The Balaban J connectivity index is 2.28. The normalized spacial score (nSPS) is 10.4. The maximum atomic E-state index is 12.9. The van der Waals surface area contributed by atoms with Crippen LogP contribution in [0.15, 0.2) is 30.5 Å². The minimum Gasteiger partial charge on any atom is -0.437 e. The van der Waals surface area contributed by atoms with Crippen LogP contribution in [0.1, 0.15) is 5.56 Å². The molecule has 3 nitrogen and oxygen atoms in total. The van der Waals surface area contributed by atoms with Crippen LogP contribution in [0.2, 0.25) is 10.0 Å². The number of ether oxygens (including phenoxy) is 1. The van der Waals surface area contributed by atoms with Crippen molar-refractivity contribution in [3.8, 4) is 11.6 Å². The number of rotatable bonds is 3. The van der Waals surface area contributed by atoms with Gasteiger partial charge in [0.15, 0.2) is 0 Å². The molecule has 0 radical (unpaired) electrons. The predicted molar refractivity (Wildman–Crippen MR) is 68.6 cm³/mol. The molecular formula is C12H9Cl2FN2O. The lowest BCUT2D eigenvalue weighted by Crippen LogP contribution is -1.99. The summed E-state index contributed by atoms with van der Waals surface area (Å²) in [7, 11) is 0. The van der Waals surface area contributed by atoms with E-state index in [1.807, 2.05) is 0 Å². The Morgan fingerprint density at radius 1 is 1.22 bits per heavy atom. The second-order valence-electron chi connectivity index (χ2n) is 3.49. The van der Waals surface area contributed by atoms with E-state index in [0.717, 1.165) is 6.07 Å². The van der Waals surface area contributed by atoms with Crippen LogP contribution in [0.3, 0.4) is 0 Å². The van der Waals surface area contributed by atoms with Crippen LogP contribution in [0.25, 0.3) is 0 Å². The van der Waals surface area contributed by atoms with Crippen molar-refractivity contribution in [2.45, 2.75) is 6.54 Å². The zero-order chi connectivity index (χ0) is 13.1. The van der Waals surface area contributed by atoms with E-state index >= 15 is 0 Å². The molecule has 6 heteroatoms. The lowest BCUT2D eigenvalue weighted by molar-refractivity contribution is 0.461.